The van der Waals surface area contributed by atoms with E-state index < -0.39 is 34.6 Å². The molecule has 0 aliphatic carbocycles. The second-order valence-electron chi connectivity index (χ2n) is 2.29. The van der Waals surface area contributed by atoms with Crippen molar-refractivity contribution in [2.45, 2.75) is 0 Å². The molecule has 0 unspecified atom stereocenters. The Hall–Kier alpha value is -1.85. The van der Waals surface area contributed by atoms with Gasteiger partial charge in [0.2, 0.25) is 0 Å². The lowest BCUT2D eigenvalue weighted by Gasteiger charge is -2.04. The van der Waals surface area contributed by atoms with Gasteiger partial charge in [-0.15, -0.1) is 0 Å². The number of carbonyl (C=O) groups is 1. The molecule has 0 fully saturated rings. The molecule has 4 N–H and O–H groups in total. The maximum Gasteiger partial charge on any atom is 0.339 e. The summed E-state index contributed by atoms with van der Waals surface area (Å²) in [6, 6.07) is 0.364. The largest absolute Gasteiger partial charge is 0.505 e. The number of carboxylic acids is 1. The van der Waals surface area contributed by atoms with Gasteiger partial charge in [0, 0.05) is 0 Å². The summed E-state index contributed by atoms with van der Waals surface area (Å²) in [4.78, 5) is 10.3. The molecule has 0 saturated carbocycles. The number of carboxylic acid groups (broad SMARTS) is 1. The zero-order valence-electron chi connectivity index (χ0n) is 6.21. The molecule has 4 nitrogen and oxygen atoms in total. The number of halogens is 2. The van der Waals surface area contributed by atoms with E-state index in [1.807, 2.05) is 0 Å². The second-order valence-corrected chi connectivity index (χ2v) is 2.29. The molecule has 0 atom stereocenters. The molecule has 70 valence electrons. The van der Waals surface area contributed by atoms with Gasteiger partial charge < -0.3 is 15.9 Å². The number of aromatic carboxylic acids is 1. The van der Waals surface area contributed by atoms with Crippen LogP contribution in [0.2, 0.25) is 0 Å². The molecule has 0 radical (unpaired) electrons. The van der Waals surface area contributed by atoms with Crippen molar-refractivity contribution in [3.05, 3.63) is 23.3 Å². The molecule has 0 amide bonds. The third-order valence-corrected chi connectivity index (χ3v) is 1.46. The first-order valence-electron chi connectivity index (χ1n) is 3.15. The van der Waals surface area contributed by atoms with Crippen molar-refractivity contribution in [2.75, 3.05) is 5.73 Å². The van der Waals surface area contributed by atoms with E-state index in [1.54, 1.807) is 0 Å². The minimum absolute atomic E-state index is 0.364. The van der Waals surface area contributed by atoms with Gasteiger partial charge in [0.15, 0.2) is 17.4 Å². The van der Waals surface area contributed by atoms with Crippen molar-refractivity contribution in [2.24, 2.45) is 0 Å². The Morgan fingerprint density at radius 1 is 1.46 bits per heavy atom. The van der Waals surface area contributed by atoms with Crippen molar-refractivity contribution in [1.29, 1.82) is 0 Å². The highest BCUT2D eigenvalue weighted by atomic mass is 19.2. The Bertz CT molecular complexity index is 378. The van der Waals surface area contributed by atoms with Gasteiger partial charge in [0.25, 0.3) is 0 Å². The second kappa shape index (κ2) is 2.89. The Morgan fingerprint density at radius 3 is 2.46 bits per heavy atom. The first-order valence-corrected chi connectivity index (χ1v) is 3.15. The van der Waals surface area contributed by atoms with Crippen LogP contribution in [0.5, 0.6) is 5.75 Å². The molecule has 1 aromatic rings. The lowest BCUT2D eigenvalue weighted by atomic mass is 10.1. The zero-order chi connectivity index (χ0) is 10.2. The molecular formula is C7H5F2NO3. The summed E-state index contributed by atoms with van der Waals surface area (Å²) in [5.74, 6) is -5.41. The summed E-state index contributed by atoms with van der Waals surface area (Å²) in [7, 11) is 0. The maximum atomic E-state index is 12.6. The number of hydrogen-bond acceptors (Lipinski definition) is 3. The molecule has 0 aliphatic heterocycles. The van der Waals surface area contributed by atoms with E-state index in [0.29, 0.717) is 6.07 Å². The number of aromatic hydroxyl groups is 1. The summed E-state index contributed by atoms with van der Waals surface area (Å²) in [5, 5.41) is 17.4. The minimum Gasteiger partial charge on any atom is -0.505 e. The number of benzene rings is 1. The van der Waals surface area contributed by atoms with Gasteiger partial charge in [-0.3, -0.25) is 0 Å². The molecule has 13 heavy (non-hydrogen) atoms. The van der Waals surface area contributed by atoms with Gasteiger partial charge in [-0.25, -0.2) is 13.6 Å². The normalized spacial score (nSPS) is 10.0. The van der Waals surface area contributed by atoms with Crippen LogP contribution < -0.4 is 5.73 Å². The van der Waals surface area contributed by atoms with Crippen LogP contribution in [0.25, 0.3) is 0 Å². The number of nitrogen functional groups attached to an aromatic ring is 1. The fourth-order valence-corrected chi connectivity index (χ4v) is 0.799. The maximum absolute atomic E-state index is 12.6. The quantitative estimate of drug-likeness (QED) is 0.453. The van der Waals surface area contributed by atoms with Crippen molar-refractivity contribution in [3.63, 3.8) is 0 Å². The highest BCUT2D eigenvalue weighted by Crippen LogP contribution is 2.29. The highest BCUT2D eigenvalue weighted by Gasteiger charge is 2.19. The van der Waals surface area contributed by atoms with Gasteiger partial charge in [0.1, 0.15) is 11.3 Å². The lowest BCUT2D eigenvalue weighted by Crippen LogP contribution is -2.03. The van der Waals surface area contributed by atoms with E-state index in [0.717, 1.165) is 0 Å². The molecule has 0 spiro atoms. The smallest absolute Gasteiger partial charge is 0.339 e. The van der Waals surface area contributed by atoms with E-state index in [-0.39, 0.29) is 0 Å². The predicted octanol–water partition coefficient (Wildman–Crippen LogP) is 0.951. The van der Waals surface area contributed by atoms with Crippen LogP contribution in [-0.2, 0) is 0 Å². The Balaban J connectivity index is 3.50. The van der Waals surface area contributed by atoms with Crippen LogP contribution in [0.3, 0.4) is 0 Å². The van der Waals surface area contributed by atoms with Gasteiger partial charge in [-0.05, 0) is 6.07 Å². The highest BCUT2D eigenvalue weighted by molar-refractivity contribution is 5.93. The van der Waals surface area contributed by atoms with Crippen LogP contribution in [0, 0.1) is 11.6 Å². The van der Waals surface area contributed by atoms with Crippen molar-refractivity contribution in [3.8, 4) is 5.75 Å². The van der Waals surface area contributed by atoms with Crippen molar-refractivity contribution >= 4 is 11.7 Å². The van der Waals surface area contributed by atoms with Gasteiger partial charge in [0.05, 0.1) is 0 Å². The van der Waals surface area contributed by atoms with E-state index in [4.69, 9.17) is 15.9 Å². The van der Waals surface area contributed by atoms with Crippen LogP contribution in [0.4, 0.5) is 14.5 Å². The molecule has 6 heteroatoms. The first-order chi connectivity index (χ1) is 5.95. The first kappa shape index (κ1) is 9.24. The van der Waals surface area contributed by atoms with E-state index >= 15 is 0 Å². The third-order valence-electron chi connectivity index (χ3n) is 1.46. The monoisotopic (exact) mass is 189 g/mol. The number of anilines is 1. The van der Waals surface area contributed by atoms with Gasteiger partial charge in [-0.1, -0.05) is 0 Å². The zero-order valence-corrected chi connectivity index (χ0v) is 6.21. The summed E-state index contributed by atoms with van der Waals surface area (Å²) < 4.78 is 25.1. The summed E-state index contributed by atoms with van der Waals surface area (Å²) in [6.45, 7) is 0. The van der Waals surface area contributed by atoms with Crippen LogP contribution in [-0.4, -0.2) is 16.2 Å². The van der Waals surface area contributed by atoms with Crippen LogP contribution in [0.1, 0.15) is 10.4 Å². The Morgan fingerprint density at radius 2 is 2.00 bits per heavy atom. The van der Waals surface area contributed by atoms with Crippen molar-refractivity contribution < 1.29 is 23.8 Å². The molecule has 0 saturated heterocycles. The van der Waals surface area contributed by atoms with E-state index in [9.17, 15) is 13.6 Å². The van der Waals surface area contributed by atoms with Crippen LogP contribution >= 0.6 is 0 Å². The molecule has 1 rings (SSSR count). The summed E-state index contributed by atoms with van der Waals surface area (Å²) >= 11 is 0. The van der Waals surface area contributed by atoms with E-state index in [2.05, 4.69) is 0 Å². The number of phenols is 1. The molecule has 0 aromatic heterocycles. The molecule has 1 aromatic carbocycles. The van der Waals surface area contributed by atoms with Gasteiger partial charge >= 0.3 is 5.97 Å². The Labute approximate surface area is 71.2 Å². The minimum atomic E-state index is -1.58. The van der Waals surface area contributed by atoms with Gasteiger partial charge in [-0.2, -0.15) is 0 Å². The fourth-order valence-electron chi connectivity index (χ4n) is 0.799. The fraction of sp³-hybridized carbons (Fsp3) is 0. The molecule has 0 aliphatic rings. The number of rotatable bonds is 1. The predicted molar refractivity (Wildman–Crippen MR) is 39.4 cm³/mol. The standard InChI is InChI=1S/C7H5F2NO3/c8-3-1-2(7(12)13)6(11)5(10)4(3)9/h1,11H,10H2,(H,12,13). The lowest BCUT2D eigenvalue weighted by molar-refractivity contribution is 0.0693. The SMILES string of the molecule is Nc1c(O)c(C(=O)O)cc(F)c1F. The average molecular weight is 189 g/mol. The summed E-state index contributed by atoms with van der Waals surface area (Å²) in [5.41, 5.74) is 3.22. The van der Waals surface area contributed by atoms with Crippen LogP contribution in [0.15, 0.2) is 6.07 Å². The topological polar surface area (TPSA) is 83.5 Å². The number of nitrogens with two attached hydrogens (primary N) is 1. The summed E-state index contributed by atoms with van der Waals surface area (Å²) in [6.07, 6.45) is 0. The Kier molecular flexibility index (Phi) is 2.05. The molecular weight excluding hydrogens is 184 g/mol. The molecule has 0 heterocycles. The number of hydrogen-bond donors (Lipinski definition) is 3. The van der Waals surface area contributed by atoms with Crippen molar-refractivity contribution in [1.82, 2.24) is 0 Å². The molecule has 0 bridgehead atoms. The van der Waals surface area contributed by atoms with E-state index in [1.165, 1.54) is 0 Å². The average Bonchev–Trinajstić information content (AvgIpc) is 2.07. The third kappa shape index (κ3) is 1.37.